The van der Waals surface area contributed by atoms with E-state index in [0.717, 1.165) is 25.7 Å². The van der Waals surface area contributed by atoms with E-state index in [2.05, 4.69) is 13.8 Å². The van der Waals surface area contributed by atoms with Gasteiger partial charge in [0.2, 0.25) is 0 Å². The number of carbonyl (C=O) groups excluding carboxylic acids is 1. The van der Waals surface area contributed by atoms with Crippen molar-refractivity contribution in [2.45, 2.75) is 72.8 Å². The molecule has 0 aromatic carbocycles. The Labute approximate surface area is 94.4 Å². The van der Waals surface area contributed by atoms with E-state index in [1.807, 2.05) is 27.7 Å². The van der Waals surface area contributed by atoms with Gasteiger partial charge in [0.25, 0.3) is 0 Å². The molecule has 15 heavy (non-hydrogen) atoms. The summed E-state index contributed by atoms with van der Waals surface area (Å²) >= 11 is 0. The van der Waals surface area contributed by atoms with Crippen LogP contribution in [0, 0.1) is 5.41 Å². The van der Waals surface area contributed by atoms with E-state index in [0.29, 0.717) is 0 Å². The Morgan fingerprint density at radius 3 is 1.60 bits per heavy atom. The summed E-state index contributed by atoms with van der Waals surface area (Å²) in [5.41, 5.74) is -0.603. The number of ether oxygens (including phenoxy) is 1. The molecule has 0 radical (unpaired) electrons. The standard InChI is InChI=1S/C13H26O2/c1-7-12(5,8-2)11(14)15-13(6,9-3)10-4/h7-10H2,1-6H3. The van der Waals surface area contributed by atoms with Gasteiger partial charge in [0.15, 0.2) is 0 Å². The molecule has 0 aliphatic rings. The van der Waals surface area contributed by atoms with Crippen molar-refractivity contribution in [1.29, 1.82) is 0 Å². The second kappa shape index (κ2) is 5.53. The molecule has 0 aliphatic heterocycles. The second-order valence-corrected chi connectivity index (χ2v) is 4.81. The Bertz CT molecular complexity index is 201. The van der Waals surface area contributed by atoms with E-state index >= 15 is 0 Å². The zero-order chi connectivity index (χ0) is 12.1. The van der Waals surface area contributed by atoms with Gasteiger partial charge < -0.3 is 4.74 Å². The van der Waals surface area contributed by atoms with Gasteiger partial charge in [0.05, 0.1) is 5.41 Å². The molecule has 0 N–H and O–H groups in total. The third-order valence-electron chi connectivity index (χ3n) is 3.89. The molecule has 2 nitrogen and oxygen atoms in total. The fourth-order valence-corrected chi connectivity index (χ4v) is 1.28. The summed E-state index contributed by atoms with van der Waals surface area (Å²) in [5, 5.41) is 0. The molecule has 0 bridgehead atoms. The monoisotopic (exact) mass is 214 g/mol. The fourth-order valence-electron chi connectivity index (χ4n) is 1.28. The van der Waals surface area contributed by atoms with Crippen molar-refractivity contribution in [2.24, 2.45) is 5.41 Å². The molecule has 0 aromatic heterocycles. The first kappa shape index (κ1) is 14.5. The summed E-state index contributed by atoms with van der Waals surface area (Å²) in [6.45, 7) is 12.2. The Morgan fingerprint density at radius 2 is 1.33 bits per heavy atom. The Hall–Kier alpha value is -0.530. The number of carbonyl (C=O) groups is 1. The van der Waals surface area contributed by atoms with Crippen LogP contribution in [0.25, 0.3) is 0 Å². The maximum atomic E-state index is 12.0. The van der Waals surface area contributed by atoms with Crippen LogP contribution in [0.4, 0.5) is 0 Å². The molecule has 0 spiro atoms. The lowest BCUT2D eigenvalue weighted by Crippen LogP contribution is -2.37. The molecule has 0 unspecified atom stereocenters. The molecule has 0 saturated carbocycles. The molecular weight excluding hydrogens is 188 g/mol. The normalized spacial score (nSPS) is 12.7. The van der Waals surface area contributed by atoms with Gasteiger partial charge in [0.1, 0.15) is 5.60 Å². The van der Waals surface area contributed by atoms with Crippen LogP contribution in [0.3, 0.4) is 0 Å². The largest absolute Gasteiger partial charge is 0.459 e. The maximum Gasteiger partial charge on any atom is 0.312 e. The van der Waals surface area contributed by atoms with E-state index in [-0.39, 0.29) is 17.0 Å². The molecule has 0 aromatic rings. The zero-order valence-corrected chi connectivity index (χ0v) is 11.1. The molecule has 90 valence electrons. The predicted molar refractivity (Wildman–Crippen MR) is 63.8 cm³/mol. The molecule has 2 heteroatoms. The van der Waals surface area contributed by atoms with Crippen LogP contribution in [0.2, 0.25) is 0 Å². The molecule has 0 atom stereocenters. The van der Waals surface area contributed by atoms with Crippen LogP contribution >= 0.6 is 0 Å². The third-order valence-corrected chi connectivity index (χ3v) is 3.89. The van der Waals surface area contributed by atoms with Gasteiger partial charge in [-0.05, 0) is 39.5 Å². The number of esters is 1. The third kappa shape index (κ3) is 3.51. The van der Waals surface area contributed by atoms with Gasteiger partial charge in [-0.2, -0.15) is 0 Å². The Kier molecular flexibility index (Phi) is 5.33. The Balaban J connectivity index is 4.60. The summed E-state index contributed by atoms with van der Waals surface area (Å²) < 4.78 is 5.64. The summed E-state index contributed by atoms with van der Waals surface area (Å²) in [5.74, 6) is -0.0429. The van der Waals surface area contributed by atoms with E-state index in [1.54, 1.807) is 0 Å². The molecule has 0 saturated heterocycles. The number of hydrogen-bond donors (Lipinski definition) is 0. The SMILES string of the molecule is CCC(C)(CC)OC(=O)C(C)(CC)CC. The van der Waals surface area contributed by atoms with Crippen LogP contribution in [0.5, 0.6) is 0 Å². The minimum atomic E-state index is -0.314. The van der Waals surface area contributed by atoms with Gasteiger partial charge in [-0.1, -0.05) is 27.7 Å². The van der Waals surface area contributed by atoms with Gasteiger partial charge in [-0.3, -0.25) is 4.79 Å². The minimum Gasteiger partial charge on any atom is -0.459 e. The zero-order valence-electron chi connectivity index (χ0n) is 11.1. The first-order valence-electron chi connectivity index (χ1n) is 6.11. The maximum absolute atomic E-state index is 12.0. The van der Waals surface area contributed by atoms with Crippen LogP contribution in [0.15, 0.2) is 0 Å². The molecule has 0 heterocycles. The van der Waals surface area contributed by atoms with Crippen molar-refractivity contribution < 1.29 is 9.53 Å². The highest BCUT2D eigenvalue weighted by Crippen LogP contribution is 2.31. The number of hydrogen-bond acceptors (Lipinski definition) is 2. The lowest BCUT2D eigenvalue weighted by atomic mass is 9.84. The van der Waals surface area contributed by atoms with Crippen molar-refractivity contribution in [2.75, 3.05) is 0 Å². The fraction of sp³-hybridized carbons (Fsp3) is 0.923. The lowest BCUT2D eigenvalue weighted by molar-refractivity contribution is -0.171. The van der Waals surface area contributed by atoms with Gasteiger partial charge in [-0.15, -0.1) is 0 Å². The predicted octanol–water partition coefficient (Wildman–Crippen LogP) is 3.93. The Morgan fingerprint density at radius 1 is 0.933 bits per heavy atom. The average Bonchev–Trinajstić information content (AvgIpc) is 2.27. The summed E-state index contributed by atoms with van der Waals surface area (Å²) in [6, 6.07) is 0. The van der Waals surface area contributed by atoms with Crippen LogP contribution in [-0.2, 0) is 9.53 Å². The van der Waals surface area contributed by atoms with E-state index in [4.69, 9.17) is 4.74 Å². The first-order valence-corrected chi connectivity index (χ1v) is 6.11. The van der Waals surface area contributed by atoms with Crippen LogP contribution < -0.4 is 0 Å². The van der Waals surface area contributed by atoms with Gasteiger partial charge in [0, 0.05) is 0 Å². The van der Waals surface area contributed by atoms with Crippen molar-refractivity contribution >= 4 is 5.97 Å². The van der Waals surface area contributed by atoms with Crippen molar-refractivity contribution in [1.82, 2.24) is 0 Å². The molecule has 0 aliphatic carbocycles. The van der Waals surface area contributed by atoms with Gasteiger partial charge >= 0.3 is 5.97 Å². The molecule has 0 amide bonds. The molecule has 0 fully saturated rings. The highest BCUT2D eigenvalue weighted by atomic mass is 16.6. The van der Waals surface area contributed by atoms with E-state index < -0.39 is 0 Å². The summed E-state index contributed by atoms with van der Waals surface area (Å²) in [6.07, 6.45) is 3.43. The second-order valence-electron chi connectivity index (χ2n) is 4.81. The average molecular weight is 214 g/mol. The van der Waals surface area contributed by atoms with Crippen molar-refractivity contribution in [3.05, 3.63) is 0 Å². The minimum absolute atomic E-state index is 0.0429. The quantitative estimate of drug-likeness (QED) is 0.626. The number of rotatable bonds is 6. The van der Waals surface area contributed by atoms with Crippen molar-refractivity contribution in [3.63, 3.8) is 0 Å². The summed E-state index contributed by atoms with van der Waals surface area (Å²) in [7, 11) is 0. The van der Waals surface area contributed by atoms with Crippen LogP contribution in [-0.4, -0.2) is 11.6 Å². The van der Waals surface area contributed by atoms with Gasteiger partial charge in [-0.25, -0.2) is 0 Å². The molecule has 0 rings (SSSR count). The topological polar surface area (TPSA) is 26.3 Å². The smallest absolute Gasteiger partial charge is 0.312 e. The van der Waals surface area contributed by atoms with E-state index in [9.17, 15) is 4.79 Å². The highest BCUT2D eigenvalue weighted by Gasteiger charge is 2.35. The van der Waals surface area contributed by atoms with E-state index in [1.165, 1.54) is 0 Å². The molecular formula is C13H26O2. The van der Waals surface area contributed by atoms with Crippen molar-refractivity contribution in [3.8, 4) is 0 Å². The lowest BCUT2D eigenvalue weighted by Gasteiger charge is -2.33. The highest BCUT2D eigenvalue weighted by molar-refractivity contribution is 5.76. The van der Waals surface area contributed by atoms with Crippen LogP contribution in [0.1, 0.15) is 67.2 Å². The summed E-state index contributed by atoms with van der Waals surface area (Å²) in [4.78, 5) is 12.0. The first-order chi connectivity index (χ1) is 6.87.